The van der Waals surface area contributed by atoms with Gasteiger partial charge in [-0.05, 0) is 86.0 Å². The quantitative estimate of drug-likeness (QED) is 0.0283. The van der Waals surface area contributed by atoms with Crippen molar-refractivity contribution in [3.63, 3.8) is 0 Å². The molecule has 0 saturated carbocycles. The van der Waals surface area contributed by atoms with E-state index in [1.807, 2.05) is 30.0 Å². The van der Waals surface area contributed by atoms with Gasteiger partial charge in [-0.25, -0.2) is 8.42 Å². The Hall–Kier alpha value is -7.63. The first-order valence-electron chi connectivity index (χ1n) is 24.1. The van der Waals surface area contributed by atoms with Crippen LogP contribution < -0.4 is 20.9 Å². The summed E-state index contributed by atoms with van der Waals surface area (Å²) < 4.78 is 91.8. The fourth-order valence-corrected chi connectivity index (χ4v) is 8.37. The number of imide groups is 1. The molecule has 2 aliphatic heterocycles. The number of halogens is 4. The molecular formula is C54H52F4IrN9O9S-3. The van der Waals surface area contributed by atoms with E-state index in [-0.39, 0.29) is 76.4 Å². The monoisotopic (exact) mass is 1270 g/mol. The molecule has 2 aromatic carbocycles. The SMILES string of the molecule is Cc1ccnc(-c2cc(N3CCCC3C(=O)NC(CS(=O)(=O)[O-])C(=O)NCCCCC(=O)NCCOCCN3C(=O)C=CC3=O)ccn2)c1.Fc1c[c-]c(-c2ccccn2)c(F)c1.Fc1c[c-]c(-c2ccccn2)c(F)c1.[Ir]. The van der Waals surface area contributed by atoms with Crippen LogP contribution >= 0.6 is 0 Å². The molecule has 6 heterocycles. The Morgan fingerprint density at radius 2 is 1.35 bits per heavy atom. The molecule has 0 bridgehead atoms. The van der Waals surface area contributed by atoms with Crippen LogP contribution in [0.4, 0.5) is 23.2 Å². The van der Waals surface area contributed by atoms with Crippen molar-refractivity contribution < 1.29 is 79.3 Å². The third-order valence-electron chi connectivity index (χ3n) is 11.4. The van der Waals surface area contributed by atoms with E-state index in [2.05, 4.69) is 48.0 Å². The van der Waals surface area contributed by atoms with Crippen LogP contribution in [0.25, 0.3) is 33.9 Å². The zero-order chi connectivity index (χ0) is 55.3. The zero-order valence-electron chi connectivity index (χ0n) is 41.8. The summed E-state index contributed by atoms with van der Waals surface area (Å²) in [6.07, 6.45) is 10.8. The van der Waals surface area contributed by atoms with Crippen LogP contribution in [0.1, 0.15) is 37.7 Å². The van der Waals surface area contributed by atoms with Crippen LogP contribution in [0.15, 0.2) is 122 Å². The van der Waals surface area contributed by atoms with Crippen molar-refractivity contribution in [2.45, 2.75) is 51.1 Å². The number of benzene rings is 2. The van der Waals surface area contributed by atoms with Gasteiger partial charge in [-0.15, -0.1) is 24.3 Å². The van der Waals surface area contributed by atoms with Crippen molar-refractivity contribution in [1.82, 2.24) is 40.8 Å². The van der Waals surface area contributed by atoms with E-state index < -0.39 is 74.9 Å². The Labute approximate surface area is 461 Å². The minimum absolute atomic E-state index is 0. The Morgan fingerprint density at radius 1 is 0.756 bits per heavy atom. The fraction of sp³-hybridized carbons (Fsp3) is 0.278. The van der Waals surface area contributed by atoms with Crippen molar-refractivity contribution in [2.24, 2.45) is 0 Å². The minimum Gasteiger partial charge on any atom is -0.748 e. The molecule has 8 rings (SSSR count). The number of rotatable bonds is 20. The number of aromatic nitrogens is 4. The van der Waals surface area contributed by atoms with E-state index in [0.29, 0.717) is 60.7 Å². The Morgan fingerprint density at radius 3 is 1.91 bits per heavy atom. The van der Waals surface area contributed by atoms with Crippen LogP contribution in [0.5, 0.6) is 0 Å². The molecule has 3 N–H and O–H groups in total. The average Bonchev–Trinajstić information content (AvgIpc) is 4.05. The number of nitrogens with zero attached hydrogens (tertiary/aromatic N) is 6. The van der Waals surface area contributed by atoms with Crippen LogP contribution in [0.2, 0.25) is 0 Å². The van der Waals surface area contributed by atoms with Crippen LogP contribution in [-0.2, 0) is 58.9 Å². The molecule has 78 heavy (non-hydrogen) atoms. The topological polar surface area (TPSA) is 246 Å². The number of hydrogen-bond acceptors (Lipinski definition) is 14. The average molecular weight is 1270 g/mol. The molecule has 1 radical (unpaired) electrons. The summed E-state index contributed by atoms with van der Waals surface area (Å²) in [5.74, 6) is -6.11. The maximum absolute atomic E-state index is 13.4. The van der Waals surface area contributed by atoms with Crippen molar-refractivity contribution in [1.29, 1.82) is 0 Å². The van der Waals surface area contributed by atoms with Gasteiger partial charge in [-0.3, -0.25) is 56.4 Å². The summed E-state index contributed by atoms with van der Waals surface area (Å²) in [4.78, 5) is 80.9. The normalized spacial score (nSPS) is 14.1. The van der Waals surface area contributed by atoms with Gasteiger partial charge in [0, 0.05) is 112 Å². The van der Waals surface area contributed by atoms with E-state index in [9.17, 15) is 54.5 Å². The molecule has 2 unspecified atom stereocenters. The van der Waals surface area contributed by atoms with Gasteiger partial charge in [0.1, 0.15) is 12.1 Å². The summed E-state index contributed by atoms with van der Waals surface area (Å²) in [5, 5.41) is 7.70. The Bertz CT molecular complexity index is 3050. The predicted molar refractivity (Wildman–Crippen MR) is 272 cm³/mol. The molecule has 18 nitrogen and oxygen atoms in total. The first-order valence-corrected chi connectivity index (χ1v) is 25.6. The van der Waals surface area contributed by atoms with Gasteiger partial charge < -0.3 is 40.1 Å². The van der Waals surface area contributed by atoms with E-state index in [0.717, 1.165) is 34.7 Å². The smallest absolute Gasteiger partial charge is 0.253 e. The first-order chi connectivity index (χ1) is 36.9. The number of hydrogen-bond donors (Lipinski definition) is 3. The van der Waals surface area contributed by atoms with Gasteiger partial charge in [0.2, 0.25) is 17.7 Å². The molecule has 5 amide bonds. The molecule has 0 aliphatic carbocycles. The minimum atomic E-state index is -4.87. The molecule has 413 valence electrons. The van der Waals surface area contributed by atoms with Gasteiger partial charge in [0.15, 0.2) is 0 Å². The maximum Gasteiger partial charge on any atom is 0.253 e. The van der Waals surface area contributed by atoms with Gasteiger partial charge in [-0.1, -0.05) is 47.5 Å². The van der Waals surface area contributed by atoms with Crippen LogP contribution in [0.3, 0.4) is 0 Å². The van der Waals surface area contributed by atoms with Crippen molar-refractivity contribution >= 4 is 45.3 Å². The van der Waals surface area contributed by atoms with E-state index in [4.69, 9.17) is 4.74 Å². The van der Waals surface area contributed by atoms with Crippen LogP contribution in [-0.4, -0.2) is 125 Å². The molecule has 24 heteroatoms. The molecular weight excluding hydrogens is 1220 g/mol. The Balaban J connectivity index is 0.000000309. The second-order valence-corrected chi connectivity index (χ2v) is 18.6. The van der Waals surface area contributed by atoms with E-state index >= 15 is 0 Å². The second kappa shape index (κ2) is 30.3. The zero-order valence-corrected chi connectivity index (χ0v) is 45.0. The number of carbonyl (C=O) groups is 5. The summed E-state index contributed by atoms with van der Waals surface area (Å²) >= 11 is 0. The number of pyridine rings is 4. The van der Waals surface area contributed by atoms with Gasteiger partial charge in [0.25, 0.3) is 11.8 Å². The number of carbonyl (C=O) groups excluding carboxylic acids is 5. The van der Waals surface area contributed by atoms with Gasteiger partial charge in [-0.2, -0.15) is 0 Å². The molecule has 2 atom stereocenters. The summed E-state index contributed by atoms with van der Waals surface area (Å²) in [7, 11) is -4.87. The predicted octanol–water partition coefficient (Wildman–Crippen LogP) is 5.45. The number of ether oxygens (including phenoxy) is 1. The largest absolute Gasteiger partial charge is 0.748 e. The summed E-state index contributed by atoms with van der Waals surface area (Å²) in [6.45, 7) is 3.25. The standard InChI is InChI=1S/C32H41N7O9S.2C11H6F2N.Ir/c1-22-9-12-33-24(19-22)25-20-23(10-13-34-25)38-15-4-5-27(38)32(44)37-26(21-49(45,46)47)31(43)36-11-3-2-6-28(40)35-14-17-48-18-16-39-29(41)7-8-30(39)42;2*12-8-4-5-9(10(13)7-8)11-3-1-2-6-14-11;/h7-10,12-13,19-20,26-27H,2-6,11,14-18,21H2,1H3,(H,35,40)(H,36,43)(H,37,44)(H,45,46,47);2*1-4,6-7H;/q;2*-1;/p-1. The van der Waals surface area contributed by atoms with Crippen molar-refractivity contribution in [3.8, 4) is 33.9 Å². The first kappa shape index (κ1) is 61.2. The van der Waals surface area contributed by atoms with Gasteiger partial charge >= 0.3 is 0 Å². The number of amides is 5. The summed E-state index contributed by atoms with van der Waals surface area (Å²) in [5.41, 5.74) is 4.29. The molecule has 6 aromatic rings. The number of anilines is 1. The van der Waals surface area contributed by atoms with Crippen LogP contribution in [0, 0.1) is 42.3 Å². The van der Waals surface area contributed by atoms with Gasteiger partial charge in [0.05, 0.1) is 47.0 Å². The van der Waals surface area contributed by atoms with Crippen molar-refractivity contribution in [3.05, 3.63) is 163 Å². The number of nitrogens with one attached hydrogen (secondary N) is 3. The maximum atomic E-state index is 13.4. The molecule has 4 aromatic heterocycles. The Kier molecular flexibility index (Phi) is 23.8. The molecule has 1 saturated heterocycles. The summed E-state index contributed by atoms with van der Waals surface area (Å²) in [6, 6.07) is 24.1. The number of aryl methyl sites for hydroxylation is 1. The molecule has 1 fully saturated rings. The fourth-order valence-electron chi connectivity index (χ4n) is 7.73. The second-order valence-electron chi connectivity index (χ2n) is 17.1. The van der Waals surface area contributed by atoms with E-state index in [1.165, 1.54) is 12.2 Å². The number of unbranched alkanes of at least 4 members (excludes halogenated alkanes) is 1. The molecule has 2 aliphatic rings. The molecule has 0 spiro atoms. The van der Waals surface area contributed by atoms with E-state index in [1.54, 1.807) is 67.3 Å². The third kappa shape index (κ3) is 19.1. The van der Waals surface area contributed by atoms with Crippen molar-refractivity contribution in [2.75, 3.05) is 50.0 Å². The third-order valence-corrected chi connectivity index (χ3v) is 12.2.